The van der Waals surface area contributed by atoms with Crippen molar-refractivity contribution in [3.8, 4) is 0 Å². The lowest BCUT2D eigenvalue weighted by atomic mass is 10.00. The number of amides is 2. The molecule has 1 heterocycles. The maximum Gasteiger partial charge on any atom is 0.345 e. The van der Waals surface area contributed by atoms with Crippen LogP contribution >= 0.6 is 0 Å². The molecule has 1 aliphatic heterocycles. The van der Waals surface area contributed by atoms with Crippen molar-refractivity contribution in [2.75, 3.05) is 29.5 Å². The minimum Gasteiger partial charge on any atom is -0.460 e. The van der Waals surface area contributed by atoms with Gasteiger partial charge in [0, 0.05) is 28.8 Å². The summed E-state index contributed by atoms with van der Waals surface area (Å²) < 4.78 is 11.4. The van der Waals surface area contributed by atoms with Gasteiger partial charge >= 0.3 is 11.9 Å². The second-order valence-corrected chi connectivity index (χ2v) is 10.1. The summed E-state index contributed by atoms with van der Waals surface area (Å²) in [6.45, 7) is -0.731. The fourth-order valence-electron chi connectivity index (χ4n) is 4.92. The third-order valence-corrected chi connectivity index (χ3v) is 7.12. The molecule has 4 aromatic carbocycles. The number of ether oxygens (including phenoxy) is 2. The molecule has 2 atom stereocenters. The number of rotatable bonds is 9. The lowest BCUT2D eigenvalue weighted by Gasteiger charge is -2.33. The van der Waals surface area contributed by atoms with Gasteiger partial charge in [0.05, 0.1) is 21.6 Å². The lowest BCUT2D eigenvalue weighted by molar-refractivity contribution is -0.385. The van der Waals surface area contributed by atoms with E-state index in [2.05, 4.69) is 0 Å². The molecule has 2 amide bonds. The second kappa shape index (κ2) is 12.0. The number of fused-ring (bicyclic) bond motifs is 1. The first-order chi connectivity index (χ1) is 21.5. The molecule has 0 aromatic heterocycles. The zero-order valence-electron chi connectivity index (χ0n) is 23.4. The van der Waals surface area contributed by atoms with E-state index in [-0.39, 0.29) is 33.6 Å². The number of nitrogens with zero attached hydrogens (tertiary/aromatic N) is 2. The Bertz CT molecular complexity index is 1820. The highest BCUT2D eigenvalue weighted by molar-refractivity contribution is 6.21. The molecule has 0 saturated carbocycles. The molecule has 14 heteroatoms. The van der Waals surface area contributed by atoms with E-state index in [9.17, 15) is 29.3 Å². The SMILES string of the molecule is Nc1ccc(C(OC(=O)c2ccc(N)cc2N)C(COC(=O)c2ccc(N)cc2[N+](=O)[O-])N2C(=O)c3ccccc3C2=O)cc1. The Hall–Kier alpha value is -6.44. The van der Waals surface area contributed by atoms with Gasteiger partial charge in [-0.05, 0) is 60.2 Å². The first-order valence-electron chi connectivity index (χ1n) is 13.4. The van der Waals surface area contributed by atoms with Gasteiger partial charge in [0.15, 0.2) is 6.10 Å². The van der Waals surface area contributed by atoms with Gasteiger partial charge < -0.3 is 32.4 Å². The van der Waals surface area contributed by atoms with Crippen LogP contribution in [0, 0.1) is 10.1 Å². The maximum absolute atomic E-state index is 13.6. The molecule has 0 radical (unpaired) electrons. The monoisotopic (exact) mass is 610 g/mol. The zero-order valence-corrected chi connectivity index (χ0v) is 23.4. The molecule has 0 saturated heterocycles. The summed E-state index contributed by atoms with van der Waals surface area (Å²) in [6.07, 6.45) is -1.44. The van der Waals surface area contributed by atoms with Crippen LogP contribution in [0.1, 0.15) is 53.1 Å². The van der Waals surface area contributed by atoms with Crippen LogP contribution in [0.5, 0.6) is 0 Å². The van der Waals surface area contributed by atoms with Crippen LogP contribution in [0.3, 0.4) is 0 Å². The third-order valence-electron chi connectivity index (χ3n) is 7.12. The van der Waals surface area contributed by atoms with Crippen LogP contribution < -0.4 is 22.9 Å². The fraction of sp³-hybridized carbons (Fsp3) is 0.0968. The number of anilines is 4. The molecule has 5 rings (SSSR count). The minimum absolute atomic E-state index is 0.00965. The molecule has 0 bridgehead atoms. The summed E-state index contributed by atoms with van der Waals surface area (Å²) in [5, 5.41) is 11.6. The van der Waals surface area contributed by atoms with Gasteiger partial charge in [-0.3, -0.25) is 24.6 Å². The normalized spacial score (nSPS) is 13.6. The van der Waals surface area contributed by atoms with Gasteiger partial charge in [-0.25, -0.2) is 9.59 Å². The van der Waals surface area contributed by atoms with E-state index >= 15 is 0 Å². The van der Waals surface area contributed by atoms with Crippen molar-refractivity contribution in [1.82, 2.24) is 4.90 Å². The molecular weight excluding hydrogens is 584 g/mol. The Morgan fingerprint density at radius 2 is 1.31 bits per heavy atom. The number of nitro benzene ring substituents is 1. The van der Waals surface area contributed by atoms with Crippen molar-refractivity contribution in [3.05, 3.63) is 123 Å². The standard InChI is InChI=1S/C31H26N6O8/c32-17-7-5-16(6-8-17)27(45-31(41)22-11-9-18(33)13-24(22)35)26(36-28(38)20-3-1-2-4-21(20)29(36)39)15-44-30(40)23-12-10-19(34)14-25(23)37(42)43/h1-14,26-27H,15,32-35H2. The number of nitrogen functional groups attached to an aromatic ring is 4. The van der Waals surface area contributed by atoms with Gasteiger partial charge in [0.2, 0.25) is 0 Å². The van der Waals surface area contributed by atoms with Gasteiger partial charge in [-0.2, -0.15) is 0 Å². The summed E-state index contributed by atoms with van der Waals surface area (Å²) in [4.78, 5) is 65.6. The average Bonchev–Trinajstić information content (AvgIpc) is 3.26. The molecule has 228 valence electrons. The maximum atomic E-state index is 13.6. The molecule has 0 fully saturated rings. The van der Waals surface area contributed by atoms with Crippen LogP contribution in [0.4, 0.5) is 28.4 Å². The minimum atomic E-state index is -1.46. The quantitative estimate of drug-likeness (QED) is 0.0701. The van der Waals surface area contributed by atoms with Gasteiger partial charge in [0.25, 0.3) is 17.5 Å². The van der Waals surface area contributed by atoms with Crippen molar-refractivity contribution in [2.24, 2.45) is 0 Å². The van der Waals surface area contributed by atoms with Crippen LogP contribution in [-0.2, 0) is 9.47 Å². The highest BCUT2D eigenvalue weighted by atomic mass is 16.6. The number of hydrogen-bond acceptors (Lipinski definition) is 12. The first-order valence-corrected chi connectivity index (χ1v) is 13.4. The van der Waals surface area contributed by atoms with Crippen molar-refractivity contribution >= 4 is 52.2 Å². The van der Waals surface area contributed by atoms with E-state index in [1.54, 1.807) is 12.1 Å². The number of carbonyl (C=O) groups is 4. The predicted molar refractivity (Wildman–Crippen MR) is 163 cm³/mol. The van der Waals surface area contributed by atoms with E-state index in [4.69, 9.17) is 32.4 Å². The van der Waals surface area contributed by atoms with Gasteiger partial charge in [0.1, 0.15) is 18.2 Å². The molecule has 0 spiro atoms. The molecule has 4 aromatic rings. The number of nitro groups is 1. The van der Waals surface area contributed by atoms with E-state index < -0.39 is 58.7 Å². The fourth-order valence-corrected chi connectivity index (χ4v) is 4.92. The molecule has 0 aliphatic carbocycles. The summed E-state index contributed by atoms with van der Waals surface area (Å²) >= 11 is 0. The predicted octanol–water partition coefficient (Wildman–Crippen LogP) is 3.34. The zero-order chi connectivity index (χ0) is 32.4. The average molecular weight is 611 g/mol. The number of hydrogen-bond donors (Lipinski definition) is 4. The second-order valence-electron chi connectivity index (χ2n) is 10.1. The molecular formula is C31H26N6O8. The van der Waals surface area contributed by atoms with Crippen molar-refractivity contribution in [2.45, 2.75) is 12.1 Å². The highest BCUT2D eigenvalue weighted by Gasteiger charge is 2.45. The Balaban J connectivity index is 1.58. The molecule has 1 aliphatic rings. The van der Waals surface area contributed by atoms with Crippen molar-refractivity contribution < 1.29 is 33.6 Å². The molecule has 8 N–H and O–H groups in total. The Labute approximate surface area is 255 Å². The van der Waals surface area contributed by atoms with Gasteiger partial charge in [-0.1, -0.05) is 24.3 Å². The van der Waals surface area contributed by atoms with Crippen LogP contribution in [0.15, 0.2) is 84.9 Å². The van der Waals surface area contributed by atoms with Crippen LogP contribution in [0.25, 0.3) is 0 Å². The van der Waals surface area contributed by atoms with E-state index in [0.717, 1.165) is 17.0 Å². The number of imide groups is 1. The first kappa shape index (κ1) is 30.0. The number of nitrogens with two attached hydrogens (primary N) is 4. The third kappa shape index (κ3) is 5.92. The Morgan fingerprint density at radius 1 is 0.756 bits per heavy atom. The smallest absolute Gasteiger partial charge is 0.345 e. The summed E-state index contributed by atoms with van der Waals surface area (Å²) in [7, 11) is 0. The number of carbonyl (C=O) groups excluding carboxylic acids is 4. The van der Waals surface area contributed by atoms with Crippen LogP contribution in [0.2, 0.25) is 0 Å². The van der Waals surface area contributed by atoms with Crippen molar-refractivity contribution in [3.63, 3.8) is 0 Å². The summed E-state index contributed by atoms with van der Waals surface area (Å²) in [5.41, 5.74) is 23.4. The Kier molecular flexibility index (Phi) is 8.04. The molecule has 2 unspecified atom stereocenters. The molecule has 14 nitrogen and oxygen atoms in total. The summed E-state index contributed by atoms with van der Waals surface area (Å²) in [5.74, 6) is -3.55. The summed E-state index contributed by atoms with van der Waals surface area (Å²) in [6, 6.07) is 18.2. The number of esters is 2. The topological polar surface area (TPSA) is 237 Å². The van der Waals surface area contributed by atoms with Gasteiger partial charge in [-0.15, -0.1) is 0 Å². The Morgan fingerprint density at radius 3 is 1.89 bits per heavy atom. The largest absolute Gasteiger partial charge is 0.460 e. The van der Waals surface area contributed by atoms with E-state index in [1.165, 1.54) is 60.7 Å². The lowest BCUT2D eigenvalue weighted by Crippen LogP contribution is -2.47. The van der Waals surface area contributed by atoms with Crippen molar-refractivity contribution in [1.29, 1.82) is 0 Å². The number of benzene rings is 4. The van der Waals surface area contributed by atoms with E-state index in [0.29, 0.717) is 11.4 Å². The molecule has 45 heavy (non-hydrogen) atoms. The van der Waals surface area contributed by atoms with E-state index in [1.807, 2.05) is 0 Å². The van der Waals surface area contributed by atoms with Crippen LogP contribution in [-0.4, -0.2) is 46.2 Å². The highest BCUT2D eigenvalue weighted by Crippen LogP contribution is 2.34.